The molecule has 2 saturated heterocycles. The van der Waals surface area contributed by atoms with E-state index in [1.165, 1.54) is 36.8 Å². The molecule has 2 bridgehead atoms. The minimum absolute atomic E-state index is 0.472. The standard InChI is InChI=1S/C25H30N4O/c1-19-26-27-25(18-30-17-21-10-6-3-7-11-21)29(19)24-14-22-12-13-23(15-24)28(22)16-20-8-4-2-5-9-20/h2-11,22-24H,12-18H2,1H3. The van der Waals surface area contributed by atoms with Crippen LogP contribution in [0.15, 0.2) is 60.7 Å². The molecule has 5 heteroatoms. The highest BCUT2D eigenvalue weighted by atomic mass is 16.5. The van der Waals surface area contributed by atoms with Crippen molar-refractivity contribution in [2.24, 2.45) is 0 Å². The Kier molecular flexibility index (Phi) is 5.65. The first-order chi connectivity index (χ1) is 14.8. The third-order valence-corrected chi connectivity index (χ3v) is 6.71. The molecule has 0 N–H and O–H groups in total. The van der Waals surface area contributed by atoms with Gasteiger partial charge in [-0.05, 0) is 43.7 Å². The van der Waals surface area contributed by atoms with Crippen LogP contribution >= 0.6 is 0 Å². The van der Waals surface area contributed by atoms with Gasteiger partial charge in [0.25, 0.3) is 0 Å². The topological polar surface area (TPSA) is 43.2 Å². The summed E-state index contributed by atoms with van der Waals surface area (Å²) in [5, 5.41) is 8.85. The van der Waals surface area contributed by atoms with E-state index in [1.54, 1.807) is 0 Å². The maximum atomic E-state index is 5.99. The molecule has 2 aliphatic heterocycles. The van der Waals surface area contributed by atoms with E-state index in [4.69, 9.17) is 4.74 Å². The van der Waals surface area contributed by atoms with Crippen LogP contribution in [0.25, 0.3) is 0 Å². The van der Waals surface area contributed by atoms with E-state index < -0.39 is 0 Å². The smallest absolute Gasteiger partial charge is 0.159 e. The van der Waals surface area contributed by atoms with Gasteiger partial charge in [0.2, 0.25) is 0 Å². The molecule has 156 valence electrons. The molecule has 2 aliphatic rings. The van der Waals surface area contributed by atoms with Crippen molar-refractivity contribution in [3.05, 3.63) is 83.4 Å². The molecule has 5 rings (SSSR count). The van der Waals surface area contributed by atoms with E-state index in [9.17, 15) is 0 Å². The number of fused-ring (bicyclic) bond motifs is 2. The first-order valence-electron chi connectivity index (χ1n) is 11.1. The Labute approximate surface area is 178 Å². The minimum Gasteiger partial charge on any atom is -0.369 e. The summed E-state index contributed by atoms with van der Waals surface area (Å²) >= 11 is 0. The highest BCUT2D eigenvalue weighted by Crippen LogP contribution is 2.42. The van der Waals surface area contributed by atoms with E-state index in [-0.39, 0.29) is 0 Å². The Bertz CT molecular complexity index is 942. The van der Waals surface area contributed by atoms with Crippen molar-refractivity contribution < 1.29 is 4.74 Å². The second-order valence-corrected chi connectivity index (χ2v) is 8.68. The summed E-state index contributed by atoms with van der Waals surface area (Å²) in [5.74, 6) is 1.97. The zero-order chi connectivity index (χ0) is 20.3. The van der Waals surface area contributed by atoms with Crippen LogP contribution in [0.1, 0.15) is 54.5 Å². The van der Waals surface area contributed by atoms with Gasteiger partial charge >= 0.3 is 0 Å². The summed E-state index contributed by atoms with van der Waals surface area (Å²) in [5.41, 5.74) is 2.61. The van der Waals surface area contributed by atoms with Crippen LogP contribution in [0, 0.1) is 6.92 Å². The van der Waals surface area contributed by atoms with Crippen molar-refractivity contribution in [3.63, 3.8) is 0 Å². The minimum atomic E-state index is 0.472. The fourth-order valence-corrected chi connectivity index (χ4v) is 5.33. The molecule has 2 fully saturated rings. The number of rotatable bonds is 7. The molecular formula is C25H30N4O. The highest BCUT2D eigenvalue weighted by Gasteiger charge is 2.41. The second kappa shape index (κ2) is 8.70. The molecule has 0 saturated carbocycles. The first-order valence-corrected chi connectivity index (χ1v) is 11.1. The van der Waals surface area contributed by atoms with Gasteiger partial charge in [-0.3, -0.25) is 4.90 Å². The van der Waals surface area contributed by atoms with E-state index in [0.29, 0.717) is 31.3 Å². The van der Waals surface area contributed by atoms with Crippen molar-refractivity contribution in [2.75, 3.05) is 0 Å². The van der Waals surface area contributed by atoms with Crippen molar-refractivity contribution in [1.29, 1.82) is 0 Å². The Morgan fingerprint density at radius 3 is 2.10 bits per heavy atom. The van der Waals surface area contributed by atoms with Crippen LogP contribution in [0.4, 0.5) is 0 Å². The molecule has 0 spiro atoms. The molecule has 3 aromatic rings. The maximum Gasteiger partial charge on any atom is 0.159 e. The lowest BCUT2D eigenvalue weighted by Crippen LogP contribution is -2.43. The number of benzene rings is 2. The number of hydrogen-bond donors (Lipinski definition) is 0. The van der Waals surface area contributed by atoms with Crippen molar-refractivity contribution in [1.82, 2.24) is 19.7 Å². The zero-order valence-electron chi connectivity index (χ0n) is 17.7. The molecule has 0 radical (unpaired) electrons. The number of hydrogen-bond acceptors (Lipinski definition) is 4. The van der Waals surface area contributed by atoms with E-state index in [2.05, 4.69) is 69.1 Å². The summed E-state index contributed by atoms with van der Waals surface area (Å²) in [4.78, 5) is 2.73. The number of aryl methyl sites for hydroxylation is 1. The molecule has 5 nitrogen and oxygen atoms in total. The number of nitrogens with zero attached hydrogens (tertiary/aromatic N) is 4. The predicted molar refractivity (Wildman–Crippen MR) is 117 cm³/mol. The van der Waals surface area contributed by atoms with Crippen LogP contribution in [-0.4, -0.2) is 31.7 Å². The molecule has 30 heavy (non-hydrogen) atoms. The molecule has 0 aliphatic carbocycles. The Balaban J connectivity index is 1.25. The van der Waals surface area contributed by atoms with Crippen LogP contribution in [0.2, 0.25) is 0 Å². The fraction of sp³-hybridized carbons (Fsp3) is 0.440. The quantitative estimate of drug-likeness (QED) is 0.576. The van der Waals surface area contributed by atoms with Gasteiger partial charge in [0, 0.05) is 24.7 Å². The Morgan fingerprint density at radius 1 is 0.800 bits per heavy atom. The molecule has 2 atom stereocenters. The Hall–Kier alpha value is -2.50. The fourth-order valence-electron chi connectivity index (χ4n) is 5.33. The van der Waals surface area contributed by atoms with Gasteiger partial charge in [-0.25, -0.2) is 0 Å². The monoisotopic (exact) mass is 402 g/mol. The number of aromatic nitrogens is 3. The summed E-state index contributed by atoms with van der Waals surface area (Å²) < 4.78 is 8.34. The zero-order valence-corrected chi connectivity index (χ0v) is 17.7. The number of piperidine rings is 1. The molecule has 3 heterocycles. The largest absolute Gasteiger partial charge is 0.369 e. The lowest BCUT2D eigenvalue weighted by Gasteiger charge is -2.40. The Morgan fingerprint density at radius 2 is 1.43 bits per heavy atom. The molecule has 2 aromatic carbocycles. The predicted octanol–water partition coefficient (Wildman–Crippen LogP) is 4.67. The lowest BCUT2D eigenvalue weighted by molar-refractivity contribution is 0.0813. The second-order valence-electron chi connectivity index (χ2n) is 8.68. The summed E-state index contributed by atoms with van der Waals surface area (Å²) in [7, 11) is 0. The van der Waals surface area contributed by atoms with Gasteiger partial charge in [-0.1, -0.05) is 60.7 Å². The van der Waals surface area contributed by atoms with E-state index in [1.807, 2.05) is 18.2 Å². The van der Waals surface area contributed by atoms with Crippen molar-refractivity contribution in [2.45, 2.75) is 70.5 Å². The van der Waals surface area contributed by atoms with Crippen LogP contribution in [-0.2, 0) is 24.5 Å². The van der Waals surface area contributed by atoms with Crippen LogP contribution in [0.3, 0.4) is 0 Å². The summed E-state index contributed by atoms with van der Waals surface area (Å²) in [6, 6.07) is 23.0. The van der Waals surface area contributed by atoms with E-state index >= 15 is 0 Å². The van der Waals surface area contributed by atoms with Gasteiger partial charge in [-0.15, -0.1) is 10.2 Å². The van der Waals surface area contributed by atoms with Gasteiger partial charge in [0.1, 0.15) is 12.4 Å². The SMILES string of the molecule is Cc1nnc(COCc2ccccc2)n1C1CC2CCC(C1)N2Cc1ccccc1. The first kappa shape index (κ1) is 19.5. The van der Waals surface area contributed by atoms with Gasteiger partial charge in [0.15, 0.2) is 5.82 Å². The van der Waals surface area contributed by atoms with Crippen molar-refractivity contribution >= 4 is 0 Å². The molecular weight excluding hydrogens is 372 g/mol. The van der Waals surface area contributed by atoms with Gasteiger partial charge in [0.05, 0.1) is 6.61 Å². The third kappa shape index (κ3) is 4.05. The summed E-state index contributed by atoms with van der Waals surface area (Å²) in [6.07, 6.45) is 4.95. The van der Waals surface area contributed by atoms with Crippen LogP contribution < -0.4 is 0 Å². The van der Waals surface area contributed by atoms with Gasteiger partial charge in [-0.2, -0.15) is 0 Å². The highest BCUT2D eigenvalue weighted by molar-refractivity contribution is 5.16. The van der Waals surface area contributed by atoms with Crippen LogP contribution in [0.5, 0.6) is 0 Å². The normalized spacial score (nSPS) is 23.7. The number of ether oxygens (including phenoxy) is 1. The van der Waals surface area contributed by atoms with E-state index in [0.717, 1.165) is 18.2 Å². The molecule has 1 aromatic heterocycles. The van der Waals surface area contributed by atoms with Gasteiger partial charge < -0.3 is 9.30 Å². The average molecular weight is 403 g/mol. The molecule has 0 amide bonds. The van der Waals surface area contributed by atoms with Crippen molar-refractivity contribution in [3.8, 4) is 0 Å². The average Bonchev–Trinajstić information content (AvgIpc) is 3.24. The summed E-state index contributed by atoms with van der Waals surface area (Å²) in [6.45, 7) is 4.26. The third-order valence-electron chi connectivity index (χ3n) is 6.71. The maximum absolute atomic E-state index is 5.99. The molecule has 2 unspecified atom stereocenters. The lowest BCUT2D eigenvalue weighted by atomic mass is 9.96.